The van der Waals surface area contributed by atoms with Crippen LogP contribution in [0.5, 0.6) is 0 Å². The van der Waals surface area contributed by atoms with Crippen LogP contribution in [0.4, 0.5) is 0 Å². The van der Waals surface area contributed by atoms with Crippen LogP contribution in [0.2, 0.25) is 0 Å². The zero-order chi connectivity index (χ0) is 7.91. The van der Waals surface area contributed by atoms with Crippen molar-refractivity contribution < 1.29 is 0 Å². The van der Waals surface area contributed by atoms with Gasteiger partial charge in [-0.3, -0.25) is 0 Å². The summed E-state index contributed by atoms with van der Waals surface area (Å²) in [4.78, 5) is 0. The number of nitriles is 1. The van der Waals surface area contributed by atoms with Crippen LogP contribution in [0.15, 0.2) is 0 Å². The third kappa shape index (κ3) is 7.49. The van der Waals surface area contributed by atoms with Gasteiger partial charge in [0.25, 0.3) is 0 Å². The normalized spacial score (nSPS) is 8.89. The highest BCUT2D eigenvalue weighted by Crippen LogP contribution is 2.16. The Bertz CT molecular complexity index is 87.2. The van der Waals surface area contributed by atoms with Crippen LogP contribution in [0.3, 0.4) is 0 Å². The zero-order valence-electron chi connectivity index (χ0n) is 7.15. The van der Waals surface area contributed by atoms with E-state index in [4.69, 9.17) is 5.26 Å². The Morgan fingerprint density at radius 3 is 1.67 bits per heavy atom. The van der Waals surface area contributed by atoms with E-state index in [1.54, 1.807) is 0 Å². The van der Waals surface area contributed by atoms with E-state index in [2.05, 4.69) is 6.07 Å². The van der Waals surface area contributed by atoms with Gasteiger partial charge in [-0.25, -0.2) is 0 Å². The molecular weight excluding hydrogens is 110 g/mol. The Morgan fingerprint density at radius 1 is 1.33 bits per heavy atom. The first-order chi connectivity index (χ1) is 4.12. The maximum atomic E-state index is 8.34. The first kappa shape index (κ1) is 11.3. The van der Waals surface area contributed by atoms with Gasteiger partial charge in [0.15, 0.2) is 0 Å². The highest BCUT2D eigenvalue weighted by Gasteiger charge is 2.11. The molecule has 9 heavy (non-hydrogen) atoms. The fourth-order valence-corrected chi connectivity index (χ4v) is 0.0791. The molecule has 54 valence electrons. The summed E-state index contributed by atoms with van der Waals surface area (Å²) in [6, 6.07) is 2.19. The number of hydrogen-bond donors (Lipinski definition) is 0. The highest BCUT2D eigenvalue weighted by molar-refractivity contribution is 4.89. The minimum absolute atomic E-state index is 0.111. The van der Waals surface area contributed by atoms with Crippen LogP contribution in [-0.2, 0) is 0 Å². The molecule has 0 amide bonds. The zero-order valence-corrected chi connectivity index (χ0v) is 7.15. The monoisotopic (exact) mass is 127 g/mol. The van der Waals surface area contributed by atoms with E-state index < -0.39 is 0 Å². The molecular formula is C8H17N. The summed E-state index contributed by atoms with van der Waals surface area (Å²) < 4.78 is 0. The summed E-state index contributed by atoms with van der Waals surface area (Å²) in [5.74, 6) is 0. The van der Waals surface area contributed by atoms with Gasteiger partial charge >= 0.3 is 0 Å². The lowest BCUT2D eigenvalue weighted by Crippen LogP contribution is -2.03. The molecule has 0 aromatic carbocycles. The molecule has 0 N–H and O–H groups in total. The van der Waals surface area contributed by atoms with Crippen LogP contribution in [0.25, 0.3) is 0 Å². The average molecular weight is 127 g/mol. The minimum atomic E-state index is -0.111. The van der Waals surface area contributed by atoms with Crippen molar-refractivity contribution in [2.75, 3.05) is 0 Å². The van der Waals surface area contributed by atoms with Crippen molar-refractivity contribution in [1.82, 2.24) is 0 Å². The molecule has 0 aliphatic rings. The molecule has 0 atom stereocenters. The van der Waals surface area contributed by atoms with Crippen LogP contribution in [0, 0.1) is 16.7 Å². The van der Waals surface area contributed by atoms with Crippen molar-refractivity contribution in [2.24, 2.45) is 5.41 Å². The van der Waals surface area contributed by atoms with Crippen LogP contribution < -0.4 is 0 Å². The van der Waals surface area contributed by atoms with Crippen molar-refractivity contribution in [3.8, 4) is 6.07 Å². The summed E-state index contributed by atoms with van der Waals surface area (Å²) in [5.41, 5.74) is -0.111. The third-order valence-electron chi connectivity index (χ3n) is 1.19. The predicted octanol–water partition coefficient (Wildman–Crippen LogP) is 2.97. The van der Waals surface area contributed by atoms with E-state index >= 15 is 0 Å². The van der Waals surface area contributed by atoms with E-state index in [1.807, 2.05) is 34.6 Å². The van der Waals surface area contributed by atoms with Crippen LogP contribution >= 0.6 is 0 Å². The Hall–Kier alpha value is -0.510. The molecule has 0 aromatic rings. The van der Waals surface area contributed by atoms with Gasteiger partial charge in [-0.05, 0) is 20.3 Å². The van der Waals surface area contributed by atoms with Gasteiger partial charge < -0.3 is 0 Å². The number of hydrogen-bond acceptors (Lipinski definition) is 1. The van der Waals surface area contributed by atoms with Gasteiger partial charge in [0, 0.05) is 0 Å². The molecule has 0 aliphatic heterocycles. The second kappa shape index (κ2) is 5.62. The molecule has 0 heterocycles. The third-order valence-corrected chi connectivity index (χ3v) is 1.19. The van der Waals surface area contributed by atoms with Crippen molar-refractivity contribution in [1.29, 1.82) is 5.26 Å². The molecule has 0 bridgehead atoms. The molecule has 0 fully saturated rings. The molecule has 1 heteroatoms. The van der Waals surface area contributed by atoms with Gasteiger partial charge in [0.1, 0.15) is 0 Å². The smallest absolute Gasteiger partial charge is 0.0683 e. The number of nitrogens with zero attached hydrogens (tertiary/aromatic N) is 1. The van der Waals surface area contributed by atoms with Crippen molar-refractivity contribution in [3.05, 3.63) is 0 Å². The second-order valence-corrected chi connectivity index (χ2v) is 2.35. The molecule has 0 rings (SSSR count). The lowest BCUT2D eigenvalue weighted by Gasteiger charge is -2.08. The van der Waals surface area contributed by atoms with Gasteiger partial charge in [-0.2, -0.15) is 5.26 Å². The molecule has 0 saturated heterocycles. The van der Waals surface area contributed by atoms with Crippen LogP contribution in [0.1, 0.15) is 41.0 Å². The number of rotatable bonds is 1. The minimum Gasteiger partial charge on any atom is -0.198 e. The van der Waals surface area contributed by atoms with Gasteiger partial charge in [-0.15, -0.1) is 0 Å². The summed E-state index contributed by atoms with van der Waals surface area (Å²) in [6.07, 6.45) is 0.934. The maximum absolute atomic E-state index is 8.34. The fraction of sp³-hybridized carbons (Fsp3) is 0.875. The lowest BCUT2D eigenvalue weighted by atomic mass is 9.93. The molecule has 0 aliphatic carbocycles. The average Bonchev–Trinajstić information content (AvgIpc) is 1.93. The fourth-order valence-electron chi connectivity index (χ4n) is 0.0791. The molecule has 0 saturated carbocycles. The summed E-state index contributed by atoms with van der Waals surface area (Å²) in [7, 11) is 0. The highest BCUT2D eigenvalue weighted by atomic mass is 14.3. The lowest BCUT2D eigenvalue weighted by molar-refractivity contribution is 0.477. The Morgan fingerprint density at radius 2 is 1.67 bits per heavy atom. The van der Waals surface area contributed by atoms with Crippen molar-refractivity contribution >= 4 is 0 Å². The van der Waals surface area contributed by atoms with Gasteiger partial charge in [0.2, 0.25) is 0 Å². The van der Waals surface area contributed by atoms with E-state index in [9.17, 15) is 0 Å². The maximum Gasteiger partial charge on any atom is 0.0683 e. The first-order valence-corrected chi connectivity index (χ1v) is 3.53. The van der Waals surface area contributed by atoms with E-state index in [-0.39, 0.29) is 5.41 Å². The largest absolute Gasteiger partial charge is 0.198 e. The van der Waals surface area contributed by atoms with Crippen molar-refractivity contribution in [3.63, 3.8) is 0 Å². The van der Waals surface area contributed by atoms with Crippen LogP contribution in [-0.4, -0.2) is 0 Å². The van der Waals surface area contributed by atoms with E-state index in [0.29, 0.717) is 0 Å². The second-order valence-electron chi connectivity index (χ2n) is 2.35. The molecule has 1 nitrogen and oxygen atoms in total. The molecule has 0 radical (unpaired) electrons. The van der Waals surface area contributed by atoms with Gasteiger partial charge in [-0.1, -0.05) is 20.8 Å². The van der Waals surface area contributed by atoms with Gasteiger partial charge in [0.05, 0.1) is 11.5 Å². The SMILES string of the molecule is CC.CCC(C)(C)C#N. The standard InChI is InChI=1S/C6H11N.C2H6/c1-4-6(2,3)5-7;1-2/h4H2,1-3H3;1-2H3. The van der Waals surface area contributed by atoms with E-state index in [1.165, 1.54) is 0 Å². The predicted molar refractivity (Wildman–Crippen MR) is 41.0 cm³/mol. The molecule has 0 spiro atoms. The Kier molecular flexibility index (Phi) is 7.07. The molecule has 0 unspecified atom stereocenters. The Labute approximate surface area is 58.7 Å². The molecule has 0 aromatic heterocycles. The van der Waals surface area contributed by atoms with Crippen molar-refractivity contribution in [2.45, 2.75) is 41.0 Å². The first-order valence-electron chi connectivity index (χ1n) is 3.53. The quantitative estimate of drug-likeness (QED) is 0.531. The van der Waals surface area contributed by atoms with E-state index in [0.717, 1.165) is 6.42 Å². The Balaban J connectivity index is 0. The topological polar surface area (TPSA) is 23.8 Å². The summed E-state index contributed by atoms with van der Waals surface area (Å²) in [5, 5.41) is 8.34. The summed E-state index contributed by atoms with van der Waals surface area (Å²) in [6.45, 7) is 9.89. The summed E-state index contributed by atoms with van der Waals surface area (Å²) >= 11 is 0.